The second-order valence-corrected chi connectivity index (χ2v) is 7.46. The van der Waals surface area contributed by atoms with Gasteiger partial charge in [0.15, 0.2) is 11.4 Å². The van der Waals surface area contributed by atoms with Gasteiger partial charge < -0.3 is 4.74 Å². The minimum Gasteiger partial charge on any atom is -0.450 e. The molecule has 1 unspecified atom stereocenters. The summed E-state index contributed by atoms with van der Waals surface area (Å²) in [6.07, 6.45) is 1.81. The molecule has 0 heterocycles. The molecule has 3 heteroatoms. The van der Waals surface area contributed by atoms with E-state index in [2.05, 4.69) is 6.92 Å². The second-order valence-electron chi connectivity index (χ2n) is 7.46. The van der Waals surface area contributed by atoms with E-state index in [9.17, 15) is 9.59 Å². The molecule has 0 spiro atoms. The van der Waals surface area contributed by atoms with E-state index in [1.807, 2.05) is 67.6 Å². The quantitative estimate of drug-likeness (QED) is 0.542. The Kier molecular flexibility index (Phi) is 5.59. The molecular weight excluding hydrogens is 336 g/mol. The van der Waals surface area contributed by atoms with Crippen molar-refractivity contribution in [1.82, 2.24) is 0 Å². The summed E-state index contributed by atoms with van der Waals surface area (Å²) in [7, 11) is 0. The number of hydrogen-bond donors (Lipinski definition) is 0. The molecule has 1 aliphatic carbocycles. The Morgan fingerprint density at radius 1 is 0.889 bits per heavy atom. The van der Waals surface area contributed by atoms with E-state index in [0.29, 0.717) is 12.8 Å². The van der Waals surface area contributed by atoms with Crippen molar-refractivity contribution in [3.05, 3.63) is 82.9 Å². The predicted octanol–water partition coefficient (Wildman–Crippen LogP) is 5.21. The van der Waals surface area contributed by atoms with Crippen molar-refractivity contribution in [2.75, 3.05) is 0 Å². The van der Waals surface area contributed by atoms with Gasteiger partial charge in [0, 0.05) is 6.42 Å². The fourth-order valence-corrected chi connectivity index (χ4v) is 3.74. The smallest absolute Gasteiger partial charge is 0.318 e. The molecule has 0 bridgehead atoms. The molecule has 0 N–H and O–H groups in total. The van der Waals surface area contributed by atoms with Gasteiger partial charge in [-0.3, -0.25) is 9.59 Å². The third-order valence-corrected chi connectivity index (χ3v) is 5.62. The first kappa shape index (κ1) is 19.1. The minimum absolute atomic E-state index is 0.0810. The van der Waals surface area contributed by atoms with Crippen LogP contribution in [0.5, 0.6) is 0 Å². The highest BCUT2D eigenvalue weighted by molar-refractivity contribution is 5.90. The summed E-state index contributed by atoms with van der Waals surface area (Å²) >= 11 is 0. The number of carbonyl (C=O) groups is 2. The van der Waals surface area contributed by atoms with E-state index in [1.54, 1.807) is 0 Å². The Labute approximate surface area is 161 Å². The van der Waals surface area contributed by atoms with E-state index in [4.69, 9.17) is 4.74 Å². The van der Waals surface area contributed by atoms with Crippen LogP contribution >= 0.6 is 0 Å². The topological polar surface area (TPSA) is 43.4 Å². The first-order valence-electron chi connectivity index (χ1n) is 9.42. The first-order chi connectivity index (χ1) is 12.9. The van der Waals surface area contributed by atoms with Crippen molar-refractivity contribution >= 4 is 11.8 Å². The fraction of sp³-hybridized carbons (Fsp3) is 0.333. The monoisotopic (exact) mass is 362 g/mol. The number of rotatable bonds is 5. The van der Waals surface area contributed by atoms with Crippen molar-refractivity contribution in [3.63, 3.8) is 0 Å². The van der Waals surface area contributed by atoms with Gasteiger partial charge >= 0.3 is 5.97 Å². The lowest BCUT2D eigenvalue weighted by Crippen LogP contribution is -2.45. The number of Topliss-reactive ketones (excluding diaryl/α,β-unsaturated/α-hetero) is 1. The summed E-state index contributed by atoms with van der Waals surface area (Å²) < 4.78 is 6.01. The van der Waals surface area contributed by atoms with Crippen LogP contribution in [0.3, 0.4) is 0 Å². The summed E-state index contributed by atoms with van der Waals surface area (Å²) in [5.74, 6) is -0.992. The molecule has 3 nitrogen and oxygen atoms in total. The Hall–Kier alpha value is -2.68. The van der Waals surface area contributed by atoms with Gasteiger partial charge in [0.25, 0.3) is 0 Å². The van der Waals surface area contributed by atoms with Gasteiger partial charge in [-0.25, -0.2) is 0 Å². The van der Waals surface area contributed by atoms with Gasteiger partial charge in [-0.15, -0.1) is 0 Å². The average molecular weight is 362 g/mol. The first-order valence-corrected chi connectivity index (χ1v) is 9.42. The van der Waals surface area contributed by atoms with Crippen LogP contribution in [0.2, 0.25) is 0 Å². The summed E-state index contributed by atoms with van der Waals surface area (Å²) in [6, 6.07) is 19.2. The zero-order chi connectivity index (χ0) is 19.4. The highest BCUT2D eigenvalue weighted by atomic mass is 16.6. The molecule has 1 atom stereocenters. The highest BCUT2D eigenvalue weighted by Crippen LogP contribution is 2.38. The zero-order valence-corrected chi connectivity index (χ0v) is 16.2. The Bertz CT molecular complexity index is 812. The van der Waals surface area contributed by atoms with Gasteiger partial charge in [0.1, 0.15) is 5.92 Å². The normalized spacial score (nSPS) is 19.9. The van der Waals surface area contributed by atoms with Crippen LogP contribution in [-0.4, -0.2) is 17.4 Å². The van der Waals surface area contributed by atoms with Gasteiger partial charge in [-0.1, -0.05) is 71.8 Å². The van der Waals surface area contributed by atoms with Gasteiger partial charge in [-0.2, -0.15) is 0 Å². The molecular formula is C24H26O3. The van der Waals surface area contributed by atoms with Crippen molar-refractivity contribution in [2.45, 2.75) is 51.6 Å². The van der Waals surface area contributed by atoms with Gasteiger partial charge in [0.05, 0.1) is 0 Å². The Morgan fingerprint density at radius 2 is 1.41 bits per heavy atom. The molecule has 0 saturated carbocycles. The third kappa shape index (κ3) is 4.02. The molecule has 0 aromatic heterocycles. The molecule has 3 rings (SSSR count). The lowest BCUT2D eigenvalue weighted by atomic mass is 9.78. The number of carbonyl (C=O) groups excluding carboxylic acids is 2. The van der Waals surface area contributed by atoms with E-state index in [-0.39, 0.29) is 11.8 Å². The molecule has 0 saturated heterocycles. The zero-order valence-electron chi connectivity index (χ0n) is 16.2. The van der Waals surface area contributed by atoms with Crippen molar-refractivity contribution < 1.29 is 14.3 Å². The van der Waals surface area contributed by atoms with Crippen LogP contribution in [0.25, 0.3) is 0 Å². The Balaban J connectivity index is 1.96. The number of benzene rings is 2. The predicted molar refractivity (Wildman–Crippen MR) is 106 cm³/mol. The lowest BCUT2D eigenvalue weighted by molar-refractivity contribution is -0.168. The largest absolute Gasteiger partial charge is 0.450 e. The van der Waals surface area contributed by atoms with Gasteiger partial charge in [0.2, 0.25) is 0 Å². The highest BCUT2D eigenvalue weighted by Gasteiger charge is 2.43. The number of hydrogen-bond acceptors (Lipinski definition) is 3. The van der Waals surface area contributed by atoms with Crippen LogP contribution in [0.15, 0.2) is 71.8 Å². The summed E-state index contributed by atoms with van der Waals surface area (Å²) in [5.41, 5.74) is 3.10. The summed E-state index contributed by atoms with van der Waals surface area (Å²) in [4.78, 5) is 25.8. The maximum Gasteiger partial charge on any atom is 0.318 e. The maximum atomic E-state index is 13.3. The minimum atomic E-state index is -1.05. The molecule has 2 aromatic carbocycles. The van der Waals surface area contributed by atoms with Crippen LogP contribution in [-0.2, 0) is 14.3 Å². The van der Waals surface area contributed by atoms with Gasteiger partial charge in [-0.05, 0) is 44.7 Å². The van der Waals surface area contributed by atoms with E-state index in [0.717, 1.165) is 23.1 Å². The van der Waals surface area contributed by atoms with Crippen LogP contribution in [0.1, 0.15) is 57.1 Å². The Morgan fingerprint density at radius 3 is 1.85 bits per heavy atom. The van der Waals surface area contributed by atoms with Crippen LogP contribution in [0, 0.1) is 0 Å². The molecule has 0 radical (unpaired) electrons. The molecule has 2 aromatic rings. The fourth-order valence-electron chi connectivity index (χ4n) is 3.74. The van der Waals surface area contributed by atoms with Crippen LogP contribution < -0.4 is 0 Å². The number of ketones is 1. The molecule has 0 amide bonds. The number of ether oxygens (including phenoxy) is 1. The molecule has 0 fully saturated rings. The number of allylic oxidation sites excluding steroid dienone is 1. The van der Waals surface area contributed by atoms with E-state index >= 15 is 0 Å². The second kappa shape index (κ2) is 7.91. The molecule has 140 valence electrons. The average Bonchev–Trinajstić information content (AvgIpc) is 2.66. The van der Waals surface area contributed by atoms with E-state index < -0.39 is 11.5 Å². The molecule has 1 aliphatic rings. The summed E-state index contributed by atoms with van der Waals surface area (Å²) in [5, 5.41) is 0. The standard InChI is InChI=1S/C24H26O3/c1-17-14-15-24(19(3)25,16-18(17)2)27-23(26)22(20-10-6-4-7-11-20)21-12-8-5-9-13-21/h4-13,22H,14-16H2,1-3H3. The molecule has 27 heavy (non-hydrogen) atoms. The van der Waals surface area contributed by atoms with Crippen LogP contribution in [0.4, 0.5) is 0 Å². The summed E-state index contributed by atoms with van der Waals surface area (Å²) in [6.45, 7) is 5.63. The SMILES string of the molecule is CC(=O)C1(OC(=O)C(c2ccccc2)c2ccccc2)CCC(C)=C(C)C1. The lowest BCUT2D eigenvalue weighted by Gasteiger charge is -2.36. The number of esters is 1. The van der Waals surface area contributed by atoms with Crippen molar-refractivity contribution in [3.8, 4) is 0 Å². The maximum absolute atomic E-state index is 13.3. The third-order valence-electron chi connectivity index (χ3n) is 5.62. The molecule has 0 aliphatic heterocycles. The van der Waals surface area contributed by atoms with Crippen molar-refractivity contribution in [1.29, 1.82) is 0 Å². The van der Waals surface area contributed by atoms with Crippen molar-refractivity contribution in [2.24, 2.45) is 0 Å². The van der Waals surface area contributed by atoms with E-state index in [1.165, 1.54) is 12.5 Å².